The van der Waals surface area contributed by atoms with Crippen molar-refractivity contribution in [2.45, 2.75) is 19.8 Å². The minimum atomic E-state index is -0.347. The SMILES string of the molecule is CCOC(=O)c1ccc(CC(=O)Cc2ccc(-c3csnn3)cc2)cc1. The highest BCUT2D eigenvalue weighted by Crippen LogP contribution is 2.18. The zero-order valence-electron chi connectivity index (χ0n) is 14.3. The van der Waals surface area contributed by atoms with Crippen LogP contribution in [0, 0.1) is 0 Å². The van der Waals surface area contributed by atoms with Crippen molar-refractivity contribution in [3.8, 4) is 11.3 Å². The maximum absolute atomic E-state index is 12.3. The molecule has 1 heterocycles. The standard InChI is InChI=1S/C20H18N2O3S/c1-2-25-20(24)17-9-5-15(6-10-17)12-18(23)11-14-3-7-16(8-4-14)19-13-26-22-21-19/h3-10,13H,2,11-12H2,1H3. The first kappa shape index (κ1) is 17.9. The molecule has 0 atom stereocenters. The van der Waals surface area contributed by atoms with E-state index in [9.17, 15) is 9.59 Å². The molecule has 3 aromatic rings. The fourth-order valence-corrected chi connectivity index (χ4v) is 3.04. The minimum absolute atomic E-state index is 0.122. The van der Waals surface area contributed by atoms with Crippen LogP contribution in [0.5, 0.6) is 0 Å². The summed E-state index contributed by atoms with van der Waals surface area (Å²) in [6.07, 6.45) is 0.704. The molecule has 26 heavy (non-hydrogen) atoms. The van der Waals surface area contributed by atoms with Crippen LogP contribution in [0.1, 0.15) is 28.4 Å². The van der Waals surface area contributed by atoms with E-state index in [1.54, 1.807) is 31.2 Å². The monoisotopic (exact) mass is 366 g/mol. The van der Waals surface area contributed by atoms with E-state index in [0.717, 1.165) is 22.4 Å². The molecule has 0 aliphatic heterocycles. The summed E-state index contributed by atoms with van der Waals surface area (Å²) in [7, 11) is 0. The molecule has 0 saturated heterocycles. The molecule has 0 aliphatic rings. The predicted octanol–water partition coefficient (Wildman–Crippen LogP) is 3.74. The lowest BCUT2D eigenvalue weighted by Gasteiger charge is -2.05. The number of nitrogens with zero attached hydrogens (tertiary/aromatic N) is 2. The Hall–Kier alpha value is -2.86. The molecular weight excluding hydrogens is 348 g/mol. The van der Waals surface area contributed by atoms with Crippen molar-refractivity contribution in [3.63, 3.8) is 0 Å². The number of esters is 1. The van der Waals surface area contributed by atoms with Crippen LogP contribution < -0.4 is 0 Å². The molecule has 2 aromatic carbocycles. The first-order valence-corrected chi connectivity index (χ1v) is 9.13. The second kappa shape index (κ2) is 8.49. The van der Waals surface area contributed by atoms with E-state index in [-0.39, 0.29) is 11.8 Å². The number of ether oxygens (including phenoxy) is 1. The van der Waals surface area contributed by atoms with Crippen LogP contribution in [0.3, 0.4) is 0 Å². The van der Waals surface area contributed by atoms with E-state index >= 15 is 0 Å². The molecule has 0 aliphatic carbocycles. The number of Topliss-reactive ketones (excluding diaryl/α,β-unsaturated/α-hetero) is 1. The van der Waals surface area contributed by atoms with Gasteiger partial charge in [-0.2, -0.15) is 0 Å². The Balaban J connectivity index is 1.57. The Bertz CT molecular complexity index is 872. The Morgan fingerprint density at radius 3 is 2.12 bits per heavy atom. The van der Waals surface area contributed by atoms with Crippen LogP contribution in [-0.4, -0.2) is 27.9 Å². The zero-order valence-corrected chi connectivity index (χ0v) is 15.2. The van der Waals surface area contributed by atoms with Crippen LogP contribution in [-0.2, 0) is 22.4 Å². The lowest BCUT2D eigenvalue weighted by Crippen LogP contribution is -2.08. The zero-order chi connectivity index (χ0) is 18.4. The second-order valence-corrected chi connectivity index (χ2v) is 6.41. The Kier molecular flexibility index (Phi) is 5.86. The maximum atomic E-state index is 12.3. The summed E-state index contributed by atoms with van der Waals surface area (Å²) in [4.78, 5) is 23.9. The van der Waals surface area contributed by atoms with Gasteiger partial charge >= 0.3 is 5.97 Å². The molecule has 3 rings (SSSR count). The van der Waals surface area contributed by atoms with Crippen molar-refractivity contribution in [3.05, 3.63) is 70.6 Å². The molecule has 0 radical (unpaired) electrons. The lowest BCUT2D eigenvalue weighted by atomic mass is 10.0. The van der Waals surface area contributed by atoms with Gasteiger partial charge in [-0.25, -0.2) is 4.79 Å². The lowest BCUT2D eigenvalue weighted by molar-refractivity contribution is -0.117. The van der Waals surface area contributed by atoms with Gasteiger partial charge in [0.05, 0.1) is 12.2 Å². The summed E-state index contributed by atoms with van der Waals surface area (Å²) in [5.41, 5.74) is 4.17. The van der Waals surface area contributed by atoms with Crippen LogP contribution in [0.4, 0.5) is 0 Å². The van der Waals surface area contributed by atoms with E-state index < -0.39 is 0 Å². The summed E-state index contributed by atoms with van der Waals surface area (Å²) in [5.74, 6) is -0.224. The molecule has 0 fully saturated rings. The first-order valence-electron chi connectivity index (χ1n) is 8.30. The molecule has 0 bridgehead atoms. The third kappa shape index (κ3) is 4.61. The van der Waals surface area contributed by atoms with Gasteiger partial charge in [-0.05, 0) is 41.7 Å². The van der Waals surface area contributed by atoms with Gasteiger partial charge in [0.15, 0.2) is 0 Å². The van der Waals surface area contributed by atoms with Gasteiger partial charge in [0, 0.05) is 23.8 Å². The van der Waals surface area contributed by atoms with Crippen molar-refractivity contribution < 1.29 is 14.3 Å². The third-order valence-electron chi connectivity index (χ3n) is 3.88. The fourth-order valence-electron chi connectivity index (χ4n) is 2.57. The molecule has 0 unspecified atom stereocenters. The largest absolute Gasteiger partial charge is 0.462 e. The average molecular weight is 366 g/mol. The Labute approximate surface area is 155 Å². The van der Waals surface area contributed by atoms with Crippen LogP contribution in [0.15, 0.2) is 53.9 Å². The van der Waals surface area contributed by atoms with Gasteiger partial charge < -0.3 is 4.74 Å². The highest BCUT2D eigenvalue weighted by Gasteiger charge is 2.09. The summed E-state index contributed by atoms with van der Waals surface area (Å²) in [6.45, 7) is 2.11. The topological polar surface area (TPSA) is 69.2 Å². The number of hydrogen-bond acceptors (Lipinski definition) is 6. The molecule has 0 amide bonds. The average Bonchev–Trinajstić information content (AvgIpc) is 3.18. The van der Waals surface area contributed by atoms with Crippen LogP contribution in [0.2, 0.25) is 0 Å². The van der Waals surface area contributed by atoms with Gasteiger partial charge in [0.25, 0.3) is 0 Å². The highest BCUT2D eigenvalue weighted by atomic mass is 32.1. The minimum Gasteiger partial charge on any atom is -0.462 e. The van der Waals surface area contributed by atoms with E-state index in [0.29, 0.717) is 25.0 Å². The van der Waals surface area contributed by atoms with E-state index in [2.05, 4.69) is 9.59 Å². The van der Waals surface area contributed by atoms with Crippen molar-refractivity contribution in [1.82, 2.24) is 9.59 Å². The summed E-state index contributed by atoms with van der Waals surface area (Å²) in [5, 5.41) is 5.92. The second-order valence-electron chi connectivity index (χ2n) is 5.80. The third-order valence-corrected chi connectivity index (χ3v) is 4.38. The molecule has 0 spiro atoms. The van der Waals surface area contributed by atoms with Gasteiger partial charge in [0.1, 0.15) is 11.5 Å². The highest BCUT2D eigenvalue weighted by molar-refractivity contribution is 7.03. The molecule has 0 saturated carbocycles. The van der Waals surface area contributed by atoms with E-state index in [1.165, 1.54) is 11.5 Å². The number of benzene rings is 2. The number of carbonyl (C=O) groups is 2. The van der Waals surface area contributed by atoms with Crippen molar-refractivity contribution >= 4 is 23.3 Å². The van der Waals surface area contributed by atoms with Gasteiger partial charge in [-0.3, -0.25) is 4.79 Å². The van der Waals surface area contributed by atoms with E-state index in [4.69, 9.17) is 4.74 Å². The predicted molar refractivity (Wildman–Crippen MR) is 100 cm³/mol. The normalized spacial score (nSPS) is 10.5. The number of hydrogen-bond donors (Lipinski definition) is 0. The Morgan fingerprint density at radius 2 is 1.58 bits per heavy atom. The van der Waals surface area contributed by atoms with Gasteiger partial charge in [0.2, 0.25) is 0 Å². The quantitative estimate of drug-likeness (QED) is 0.596. The van der Waals surface area contributed by atoms with E-state index in [1.807, 2.05) is 29.6 Å². The van der Waals surface area contributed by atoms with Gasteiger partial charge in [-0.1, -0.05) is 40.9 Å². The van der Waals surface area contributed by atoms with Crippen LogP contribution in [0.25, 0.3) is 11.3 Å². The molecule has 6 heteroatoms. The van der Waals surface area contributed by atoms with Crippen molar-refractivity contribution in [1.29, 1.82) is 0 Å². The molecule has 1 aromatic heterocycles. The molecule has 132 valence electrons. The fraction of sp³-hybridized carbons (Fsp3) is 0.200. The smallest absolute Gasteiger partial charge is 0.338 e. The number of carbonyl (C=O) groups excluding carboxylic acids is 2. The van der Waals surface area contributed by atoms with Crippen molar-refractivity contribution in [2.24, 2.45) is 0 Å². The number of rotatable bonds is 7. The number of aromatic nitrogens is 2. The Morgan fingerprint density at radius 1 is 0.962 bits per heavy atom. The van der Waals surface area contributed by atoms with Crippen LogP contribution >= 0.6 is 11.5 Å². The molecule has 0 N–H and O–H groups in total. The maximum Gasteiger partial charge on any atom is 0.338 e. The summed E-state index contributed by atoms with van der Waals surface area (Å²) >= 11 is 1.31. The summed E-state index contributed by atoms with van der Waals surface area (Å²) in [6, 6.07) is 14.8. The first-order chi connectivity index (χ1) is 12.7. The molecule has 5 nitrogen and oxygen atoms in total. The van der Waals surface area contributed by atoms with Gasteiger partial charge in [-0.15, -0.1) is 5.10 Å². The number of ketones is 1. The van der Waals surface area contributed by atoms with Crippen molar-refractivity contribution in [2.75, 3.05) is 6.61 Å². The summed E-state index contributed by atoms with van der Waals surface area (Å²) < 4.78 is 8.80. The molecular formula is C20H18N2O3S.